The van der Waals surface area contributed by atoms with Gasteiger partial charge in [-0.1, -0.05) is 11.6 Å². The summed E-state index contributed by atoms with van der Waals surface area (Å²) in [6.45, 7) is 1.57. The SMILES string of the molecule is CC1(C2CC(Oc3cnc(-c4cc(=O)[nH]o4)cn3)C2)C(F)=CC(Cl)=CC1F. The second kappa shape index (κ2) is 6.60. The van der Waals surface area contributed by atoms with Crippen molar-refractivity contribution in [1.29, 1.82) is 0 Å². The summed E-state index contributed by atoms with van der Waals surface area (Å²) in [6, 6.07) is 1.27. The number of hydrogen-bond donors (Lipinski definition) is 1. The van der Waals surface area contributed by atoms with Gasteiger partial charge in [0.15, 0.2) is 5.76 Å². The van der Waals surface area contributed by atoms with Gasteiger partial charge < -0.3 is 9.26 Å². The van der Waals surface area contributed by atoms with Crippen molar-refractivity contribution < 1.29 is 18.0 Å². The van der Waals surface area contributed by atoms with E-state index >= 15 is 0 Å². The van der Waals surface area contributed by atoms with Gasteiger partial charge in [-0.25, -0.2) is 18.7 Å². The van der Waals surface area contributed by atoms with Gasteiger partial charge in [0.1, 0.15) is 23.8 Å². The second-order valence-corrected chi connectivity index (χ2v) is 7.39. The maximum Gasteiger partial charge on any atom is 0.280 e. The molecule has 2 atom stereocenters. The van der Waals surface area contributed by atoms with Crippen LogP contribution in [0.4, 0.5) is 8.78 Å². The van der Waals surface area contributed by atoms with Crippen molar-refractivity contribution in [2.45, 2.75) is 32.0 Å². The zero-order chi connectivity index (χ0) is 19.2. The van der Waals surface area contributed by atoms with E-state index in [0.29, 0.717) is 24.4 Å². The van der Waals surface area contributed by atoms with Crippen LogP contribution in [-0.2, 0) is 0 Å². The summed E-state index contributed by atoms with van der Waals surface area (Å²) < 4.78 is 39.5. The molecule has 0 aromatic carbocycles. The molecule has 4 rings (SSSR count). The molecule has 2 aromatic heterocycles. The molecule has 1 saturated carbocycles. The van der Waals surface area contributed by atoms with E-state index in [1.807, 2.05) is 0 Å². The summed E-state index contributed by atoms with van der Waals surface area (Å²) >= 11 is 5.73. The summed E-state index contributed by atoms with van der Waals surface area (Å²) in [7, 11) is 0. The third kappa shape index (κ3) is 3.18. The lowest BCUT2D eigenvalue weighted by molar-refractivity contribution is -0.0298. The number of nitrogens with one attached hydrogen (secondary N) is 1. The zero-order valence-corrected chi connectivity index (χ0v) is 15.0. The van der Waals surface area contributed by atoms with E-state index < -0.39 is 17.4 Å². The van der Waals surface area contributed by atoms with Gasteiger partial charge in [-0.2, -0.15) is 5.16 Å². The Bertz CT molecular complexity index is 963. The predicted molar refractivity (Wildman–Crippen MR) is 93.6 cm³/mol. The summed E-state index contributed by atoms with van der Waals surface area (Å²) in [5, 5.41) is 2.26. The highest BCUT2D eigenvalue weighted by molar-refractivity contribution is 6.31. The van der Waals surface area contributed by atoms with Crippen molar-refractivity contribution in [2.75, 3.05) is 0 Å². The highest BCUT2D eigenvalue weighted by Gasteiger charge is 2.52. The van der Waals surface area contributed by atoms with Crippen LogP contribution in [0.1, 0.15) is 19.8 Å². The van der Waals surface area contributed by atoms with Gasteiger partial charge >= 0.3 is 0 Å². The Hall–Kier alpha value is -2.48. The number of nitrogens with zero attached hydrogens (tertiary/aromatic N) is 2. The molecular weight excluding hydrogens is 380 g/mol. The van der Waals surface area contributed by atoms with Crippen molar-refractivity contribution in [3.05, 3.63) is 51.8 Å². The van der Waals surface area contributed by atoms with E-state index in [2.05, 4.69) is 15.1 Å². The maximum absolute atomic E-state index is 14.4. The third-order valence-electron chi connectivity index (χ3n) is 5.29. The van der Waals surface area contributed by atoms with Gasteiger partial charge in [0, 0.05) is 5.03 Å². The number of ether oxygens (including phenoxy) is 1. The van der Waals surface area contributed by atoms with Gasteiger partial charge in [0.05, 0.1) is 23.9 Å². The first-order chi connectivity index (χ1) is 12.9. The molecule has 6 nitrogen and oxygen atoms in total. The van der Waals surface area contributed by atoms with Gasteiger partial charge in [0.25, 0.3) is 5.56 Å². The number of halogens is 3. The van der Waals surface area contributed by atoms with Gasteiger partial charge in [-0.15, -0.1) is 0 Å². The number of aromatic amines is 1. The monoisotopic (exact) mass is 395 g/mol. The Morgan fingerprint density at radius 1 is 1.37 bits per heavy atom. The molecule has 142 valence electrons. The zero-order valence-electron chi connectivity index (χ0n) is 14.3. The fourth-order valence-corrected chi connectivity index (χ4v) is 3.63. The molecule has 0 amide bonds. The third-order valence-corrected chi connectivity index (χ3v) is 5.53. The summed E-state index contributed by atoms with van der Waals surface area (Å²) in [5.74, 6) is -0.167. The molecular formula is C18H16ClF2N3O3. The van der Waals surface area contributed by atoms with Crippen LogP contribution in [0.15, 0.2) is 50.8 Å². The molecule has 2 unspecified atom stereocenters. The minimum absolute atomic E-state index is 0.0817. The molecule has 27 heavy (non-hydrogen) atoms. The molecule has 2 aromatic rings. The number of aromatic nitrogens is 3. The average molecular weight is 396 g/mol. The lowest BCUT2D eigenvalue weighted by atomic mass is 9.61. The molecule has 0 saturated heterocycles. The molecule has 1 N–H and O–H groups in total. The standard InChI is InChI=1S/C18H16ClF2N3O3/c1-18(14(20)4-10(19)5-15(18)21)9-2-11(3-9)26-17-8-22-12(7-23-17)13-6-16(25)24-27-13/h4-9,11,14H,2-3H2,1H3,(H,24,25). The van der Waals surface area contributed by atoms with E-state index in [0.717, 1.165) is 0 Å². The van der Waals surface area contributed by atoms with E-state index in [9.17, 15) is 13.6 Å². The van der Waals surface area contributed by atoms with Crippen LogP contribution in [0.25, 0.3) is 11.5 Å². The maximum atomic E-state index is 14.4. The Kier molecular flexibility index (Phi) is 4.38. The van der Waals surface area contributed by atoms with Crippen LogP contribution in [0.2, 0.25) is 0 Å². The van der Waals surface area contributed by atoms with Gasteiger partial charge in [-0.05, 0) is 37.8 Å². The number of alkyl halides is 1. The minimum atomic E-state index is -1.48. The molecule has 2 aliphatic carbocycles. The molecule has 0 spiro atoms. The van der Waals surface area contributed by atoms with E-state index in [-0.39, 0.29) is 28.4 Å². The largest absolute Gasteiger partial charge is 0.473 e. The summed E-state index contributed by atoms with van der Waals surface area (Å²) in [6.07, 6.45) is 4.58. The first-order valence-electron chi connectivity index (χ1n) is 8.43. The first-order valence-corrected chi connectivity index (χ1v) is 8.80. The van der Waals surface area contributed by atoms with Gasteiger partial charge in [-0.3, -0.25) is 4.79 Å². The highest BCUT2D eigenvalue weighted by atomic mass is 35.5. The lowest BCUT2D eigenvalue weighted by Gasteiger charge is -2.47. The molecule has 0 aliphatic heterocycles. The average Bonchev–Trinajstić information content (AvgIpc) is 3.02. The smallest absolute Gasteiger partial charge is 0.280 e. The number of hydrogen-bond acceptors (Lipinski definition) is 5. The lowest BCUT2D eigenvalue weighted by Crippen LogP contribution is -2.48. The summed E-state index contributed by atoms with van der Waals surface area (Å²) in [4.78, 5) is 19.4. The van der Waals surface area contributed by atoms with Crippen LogP contribution in [0.3, 0.4) is 0 Å². The molecule has 2 aliphatic rings. The van der Waals surface area contributed by atoms with E-state index in [1.54, 1.807) is 6.92 Å². The fraction of sp³-hybridized carbons (Fsp3) is 0.389. The molecule has 9 heteroatoms. The Morgan fingerprint density at radius 2 is 2.15 bits per heavy atom. The molecule has 0 radical (unpaired) electrons. The van der Waals surface area contributed by atoms with Gasteiger partial charge in [0.2, 0.25) is 5.88 Å². The topological polar surface area (TPSA) is 81.0 Å². The normalized spacial score (nSPS) is 30.3. The molecule has 1 fully saturated rings. The van der Waals surface area contributed by atoms with Crippen molar-refractivity contribution in [1.82, 2.24) is 15.1 Å². The minimum Gasteiger partial charge on any atom is -0.473 e. The number of H-pyrrole nitrogens is 1. The van der Waals surface area contributed by atoms with Crippen LogP contribution in [-0.4, -0.2) is 27.4 Å². The van der Waals surface area contributed by atoms with Crippen LogP contribution >= 0.6 is 11.6 Å². The van der Waals surface area contributed by atoms with E-state index in [4.69, 9.17) is 20.9 Å². The number of rotatable bonds is 4. The van der Waals surface area contributed by atoms with Crippen LogP contribution in [0, 0.1) is 11.3 Å². The Labute approximate surface area is 157 Å². The predicted octanol–water partition coefficient (Wildman–Crippen LogP) is 3.92. The van der Waals surface area contributed by atoms with Crippen LogP contribution < -0.4 is 10.3 Å². The fourth-order valence-electron chi connectivity index (χ4n) is 3.43. The summed E-state index contributed by atoms with van der Waals surface area (Å²) in [5.41, 5.74) is -1.20. The second-order valence-electron chi connectivity index (χ2n) is 6.95. The van der Waals surface area contributed by atoms with Crippen molar-refractivity contribution in [3.63, 3.8) is 0 Å². The van der Waals surface area contributed by atoms with Crippen molar-refractivity contribution in [3.8, 4) is 17.3 Å². The quantitative estimate of drug-likeness (QED) is 0.848. The number of allylic oxidation sites excluding steroid dienone is 4. The highest BCUT2D eigenvalue weighted by Crippen LogP contribution is 2.53. The Balaban J connectivity index is 1.38. The van der Waals surface area contributed by atoms with Crippen LogP contribution in [0.5, 0.6) is 5.88 Å². The first kappa shape index (κ1) is 17.9. The van der Waals surface area contributed by atoms with Crippen molar-refractivity contribution in [2.24, 2.45) is 11.3 Å². The Morgan fingerprint density at radius 3 is 2.74 bits per heavy atom. The molecule has 2 heterocycles. The van der Waals surface area contributed by atoms with Crippen molar-refractivity contribution >= 4 is 11.6 Å². The molecule has 0 bridgehead atoms. The van der Waals surface area contributed by atoms with E-state index in [1.165, 1.54) is 30.6 Å².